The van der Waals surface area contributed by atoms with Crippen LogP contribution >= 0.6 is 11.3 Å². The van der Waals surface area contributed by atoms with Crippen molar-refractivity contribution in [2.24, 2.45) is 0 Å². The van der Waals surface area contributed by atoms with Gasteiger partial charge in [-0.2, -0.15) is 0 Å². The summed E-state index contributed by atoms with van der Waals surface area (Å²) in [6, 6.07) is 17.0. The van der Waals surface area contributed by atoms with Gasteiger partial charge in [0, 0.05) is 32.8 Å². The third-order valence-corrected chi connectivity index (χ3v) is 5.85. The third kappa shape index (κ3) is 1.41. The van der Waals surface area contributed by atoms with Crippen LogP contribution in [0, 0.1) is 0 Å². The monoisotopic (exact) mass is 277 g/mol. The second-order valence-electron chi connectivity index (χ2n) is 5.92. The maximum absolute atomic E-state index is 2.57. The van der Waals surface area contributed by atoms with E-state index in [1.165, 1.54) is 32.3 Å². The van der Waals surface area contributed by atoms with Gasteiger partial charge in [-0.3, -0.25) is 4.90 Å². The molecule has 0 radical (unpaired) electrons. The van der Waals surface area contributed by atoms with Gasteiger partial charge in [0.1, 0.15) is 0 Å². The Morgan fingerprint density at radius 3 is 2.70 bits per heavy atom. The molecule has 5 rings (SSSR count). The molecule has 0 amide bonds. The van der Waals surface area contributed by atoms with Gasteiger partial charge in [0.25, 0.3) is 0 Å². The molecule has 1 nitrogen and oxygen atoms in total. The lowest BCUT2D eigenvalue weighted by Crippen LogP contribution is -2.04. The van der Waals surface area contributed by atoms with E-state index in [9.17, 15) is 0 Å². The van der Waals surface area contributed by atoms with Crippen LogP contribution in [-0.2, 0) is 0 Å². The Morgan fingerprint density at radius 1 is 1.05 bits per heavy atom. The molecule has 3 atom stereocenters. The van der Waals surface area contributed by atoms with Crippen LogP contribution in [0.5, 0.6) is 0 Å². The van der Waals surface area contributed by atoms with Crippen molar-refractivity contribution in [1.29, 1.82) is 0 Å². The Labute approximate surface area is 122 Å². The smallest absolute Gasteiger partial charge is 0.0541 e. The van der Waals surface area contributed by atoms with Crippen molar-refractivity contribution in [2.75, 3.05) is 6.54 Å². The van der Waals surface area contributed by atoms with Crippen LogP contribution in [-0.4, -0.2) is 17.5 Å². The summed E-state index contributed by atoms with van der Waals surface area (Å²) >= 11 is 1.90. The first kappa shape index (κ1) is 11.1. The molecule has 20 heavy (non-hydrogen) atoms. The molecule has 3 aromatic rings. The molecule has 0 aliphatic carbocycles. The average Bonchev–Trinajstić information content (AvgIpc) is 3.09. The summed E-state index contributed by atoms with van der Waals surface area (Å²) in [5, 5.41) is 2.81. The van der Waals surface area contributed by atoms with Crippen molar-refractivity contribution in [1.82, 2.24) is 4.90 Å². The summed E-state index contributed by atoms with van der Waals surface area (Å²) in [5.41, 5.74) is 2.99. The fourth-order valence-corrected chi connectivity index (χ4v) is 4.62. The van der Waals surface area contributed by atoms with Gasteiger partial charge in [-0.25, -0.2) is 0 Å². The minimum atomic E-state index is 0.503. The number of benzene rings is 2. The first-order chi connectivity index (χ1) is 9.81. The molecule has 2 aliphatic rings. The zero-order chi connectivity index (χ0) is 13.3. The van der Waals surface area contributed by atoms with Gasteiger partial charge < -0.3 is 0 Å². The summed E-state index contributed by atoms with van der Waals surface area (Å²) in [6.45, 7) is 3.51. The van der Waals surface area contributed by atoms with Gasteiger partial charge in [-0.1, -0.05) is 35.9 Å². The molecule has 1 saturated heterocycles. The lowest BCUT2D eigenvalue weighted by atomic mass is 10.0. The Kier molecular flexibility index (Phi) is 2.06. The summed E-state index contributed by atoms with van der Waals surface area (Å²) in [4.78, 5) is 2.57. The summed E-state index contributed by atoms with van der Waals surface area (Å²) in [7, 11) is 0. The van der Waals surface area contributed by atoms with Crippen LogP contribution in [0.15, 0.2) is 54.1 Å². The van der Waals surface area contributed by atoms with E-state index >= 15 is 0 Å². The molecular formula is C18H15NS. The molecule has 3 unspecified atom stereocenters. The predicted molar refractivity (Wildman–Crippen MR) is 86.3 cm³/mol. The highest BCUT2D eigenvalue weighted by atomic mass is 32.1. The molecular weight excluding hydrogens is 262 g/mol. The van der Waals surface area contributed by atoms with E-state index in [1.807, 2.05) is 11.3 Å². The number of nitrogens with zero attached hydrogens (tertiary/aromatic N) is 1. The first-order valence-electron chi connectivity index (χ1n) is 7.16. The van der Waals surface area contributed by atoms with E-state index < -0.39 is 0 Å². The van der Waals surface area contributed by atoms with Crippen molar-refractivity contribution in [3.05, 3.63) is 59.7 Å². The zero-order valence-corrected chi connectivity index (χ0v) is 12.2. The second kappa shape index (κ2) is 3.72. The number of fused-ring (bicyclic) bond motifs is 4. The van der Waals surface area contributed by atoms with Crippen LogP contribution in [0.3, 0.4) is 0 Å². The lowest BCUT2D eigenvalue weighted by molar-refractivity contribution is 0.485. The number of hydrogen-bond donors (Lipinski definition) is 0. The van der Waals surface area contributed by atoms with Crippen molar-refractivity contribution in [3.63, 3.8) is 0 Å². The minimum absolute atomic E-state index is 0.503. The van der Waals surface area contributed by atoms with Crippen LogP contribution in [0.25, 0.3) is 20.2 Å². The Bertz CT molecular complexity index is 873. The summed E-state index contributed by atoms with van der Waals surface area (Å²) in [5.74, 6) is 0. The highest BCUT2D eigenvalue weighted by molar-refractivity contribution is 7.25. The van der Waals surface area contributed by atoms with Crippen LogP contribution in [0.2, 0.25) is 0 Å². The Morgan fingerprint density at radius 2 is 1.90 bits per heavy atom. The second-order valence-corrected chi connectivity index (χ2v) is 7.01. The third-order valence-electron chi connectivity index (χ3n) is 4.70. The van der Waals surface area contributed by atoms with Crippen molar-refractivity contribution < 1.29 is 0 Å². The van der Waals surface area contributed by atoms with Gasteiger partial charge >= 0.3 is 0 Å². The molecule has 2 aromatic carbocycles. The molecule has 2 aliphatic heterocycles. The molecule has 0 spiro atoms. The maximum atomic E-state index is 2.57. The van der Waals surface area contributed by atoms with Gasteiger partial charge in [0.05, 0.1) is 6.04 Å². The van der Waals surface area contributed by atoms with Gasteiger partial charge in [-0.05, 0) is 30.7 Å². The topological polar surface area (TPSA) is 3.01 Å². The highest BCUT2D eigenvalue weighted by Gasteiger charge is 2.45. The molecule has 1 fully saturated rings. The highest BCUT2D eigenvalue weighted by Crippen LogP contribution is 2.45. The van der Waals surface area contributed by atoms with Crippen LogP contribution in [0.4, 0.5) is 0 Å². The van der Waals surface area contributed by atoms with E-state index in [1.54, 1.807) is 5.57 Å². The Balaban J connectivity index is 1.72. The molecule has 1 aromatic heterocycles. The van der Waals surface area contributed by atoms with Crippen molar-refractivity contribution in [2.45, 2.75) is 19.0 Å². The molecule has 2 heteroatoms. The molecule has 98 valence electrons. The van der Waals surface area contributed by atoms with Gasteiger partial charge in [0.2, 0.25) is 0 Å². The molecule has 0 N–H and O–H groups in total. The lowest BCUT2D eigenvalue weighted by Gasteiger charge is -2.12. The van der Waals surface area contributed by atoms with Crippen molar-refractivity contribution in [3.8, 4) is 0 Å². The van der Waals surface area contributed by atoms with E-state index in [0.29, 0.717) is 6.04 Å². The Hall–Kier alpha value is -1.64. The van der Waals surface area contributed by atoms with Crippen molar-refractivity contribution >= 4 is 31.5 Å². The first-order valence-corrected chi connectivity index (χ1v) is 7.98. The fourth-order valence-electron chi connectivity index (χ4n) is 3.54. The van der Waals surface area contributed by atoms with Gasteiger partial charge in [0.15, 0.2) is 0 Å². The summed E-state index contributed by atoms with van der Waals surface area (Å²) < 4.78 is 2.79. The fraction of sp³-hybridized carbons (Fsp3) is 0.222. The van der Waals surface area contributed by atoms with Crippen LogP contribution < -0.4 is 0 Å². The standard InChI is InChI=1S/C18H15NS/c1-11-8-15(19-10-16(11)19)12-6-7-18-14(9-12)13-4-2-3-5-17(13)20-18/h2-9,15-16H,10H2,1H3. The van der Waals surface area contributed by atoms with E-state index in [4.69, 9.17) is 0 Å². The zero-order valence-electron chi connectivity index (χ0n) is 11.3. The quantitative estimate of drug-likeness (QED) is 0.458. The van der Waals surface area contributed by atoms with Gasteiger partial charge in [-0.15, -0.1) is 11.3 Å². The molecule has 0 bridgehead atoms. The molecule has 3 heterocycles. The minimum Gasteiger partial charge on any atom is -0.283 e. The average molecular weight is 277 g/mol. The van der Waals surface area contributed by atoms with E-state index in [-0.39, 0.29) is 0 Å². The van der Waals surface area contributed by atoms with E-state index in [2.05, 4.69) is 60.4 Å². The normalized spacial score (nSPS) is 27.9. The maximum Gasteiger partial charge on any atom is 0.0541 e. The number of hydrogen-bond acceptors (Lipinski definition) is 2. The number of thiophene rings is 1. The summed E-state index contributed by atoms with van der Waals surface area (Å²) in [6.07, 6.45) is 2.43. The largest absolute Gasteiger partial charge is 0.283 e. The SMILES string of the molecule is CC1=CC(c2ccc3sc4ccccc4c3c2)N2CC12. The predicted octanol–water partition coefficient (Wildman–Crippen LogP) is 4.74. The molecule has 0 saturated carbocycles. The van der Waals surface area contributed by atoms with Crippen LogP contribution in [0.1, 0.15) is 18.5 Å². The number of rotatable bonds is 1. The van der Waals surface area contributed by atoms with E-state index in [0.717, 1.165) is 6.04 Å².